The number of rotatable bonds is 2. The van der Waals surface area contributed by atoms with Crippen molar-refractivity contribution in [1.29, 1.82) is 0 Å². The van der Waals surface area contributed by atoms with Gasteiger partial charge in [-0.15, -0.1) is 5.17 Å². The maximum atomic E-state index is 5.74. The van der Waals surface area contributed by atoms with Crippen molar-refractivity contribution in [1.82, 2.24) is 0 Å². The molecule has 2 aromatic rings. The van der Waals surface area contributed by atoms with E-state index in [0.717, 1.165) is 11.3 Å². The topological polar surface area (TPSA) is 24.8 Å². The SMILES string of the molecule is C1=NN(c2ccccc2)OC1c1ccccc1. The minimum atomic E-state index is -0.101. The average Bonchev–Trinajstić information content (AvgIpc) is 2.90. The molecule has 3 heteroatoms. The summed E-state index contributed by atoms with van der Waals surface area (Å²) in [4.78, 5) is 5.74. The maximum absolute atomic E-state index is 5.74. The summed E-state index contributed by atoms with van der Waals surface area (Å²) in [6, 6.07) is 19.9. The number of anilines is 1. The molecule has 0 saturated carbocycles. The van der Waals surface area contributed by atoms with Crippen molar-refractivity contribution < 1.29 is 4.84 Å². The van der Waals surface area contributed by atoms with Crippen molar-refractivity contribution in [2.24, 2.45) is 5.10 Å². The number of hydrazone groups is 1. The third kappa shape index (κ3) is 2.05. The van der Waals surface area contributed by atoms with Crippen molar-refractivity contribution in [2.75, 3.05) is 5.17 Å². The van der Waals surface area contributed by atoms with Gasteiger partial charge in [-0.2, -0.15) is 5.10 Å². The largest absolute Gasteiger partial charge is 0.238 e. The summed E-state index contributed by atoms with van der Waals surface area (Å²) >= 11 is 0. The summed E-state index contributed by atoms with van der Waals surface area (Å²) in [6.45, 7) is 0. The van der Waals surface area contributed by atoms with E-state index in [2.05, 4.69) is 5.10 Å². The van der Waals surface area contributed by atoms with Crippen LogP contribution in [0.2, 0.25) is 0 Å². The fourth-order valence-electron chi connectivity index (χ4n) is 1.76. The molecule has 0 bridgehead atoms. The summed E-state index contributed by atoms with van der Waals surface area (Å²) in [5, 5.41) is 5.80. The fourth-order valence-corrected chi connectivity index (χ4v) is 1.76. The molecule has 0 saturated heterocycles. The van der Waals surface area contributed by atoms with Crippen LogP contribution in [-0.4, -0.2) is 6.21 Å². The van der Waals surface area contributed by atoms with Crippen LogP contribution in [0.4, 0.5) is 5.69 Å². The number of hydrogen-bond donors (Lipinski definition) is 0. The molecule has 0 aliphatic carbocycles. The van der Waals surface area contributed by atoms with Gasteiger partial charge in [-0.25, -0.2) is 4.84 Å². The minimum Gasteiger partial charge on any atom is -0.238 e. The molecule has 84 valence electrons. The van der Waals surface area contributed by atoms with Crippen LogP contribution in [0, 0.1) is 0 Å². The van der Waals surface area contributed by atoms with Gasteiger partial charge in [-0.05, 0) is 17.7 Å². The third-order valence-electron chi connectivity index (χ3n) is 2.63. The molecule has 0 N–H and O–H groups in total. The summed E-state index contributed by atoms with van der Waals surface area (Å²) in [5.74, 6) is 0. The lowest BCUT2D eigenvalue weighted by atomic mass is 10.1. The van der Waals surface area contributed by atoms with E-state index < -0.39 is 0 Å². The van der Waals surface area contributed by atoms with Gasteiger partial charge in [0, 0.05) is 0 Å². The van der Waals surface area contributed by atoms with Crippen LogP contribution in [0.3, 0.4) is 0 Å². The molecule has 3 nitrogen and oxygen atoms in total. The number of hydrogen-bond acceptors (Lipinski definition) is 3. The van der Waals surface area contributed by atoms with Crippen LogP contribution < -0.4 is 5.17 Å². The molecule has 2 aromatic carbocycles. The average molecular weight is 224 g/mol. The molecule has 1 aliphatic rings. The molecule has 0 amide bonds. The van der Waals surface area contributed by atoms with Crippen molar-refractivity contribution in [3.63, 3.8) is 0 Å². The van der Waals surface area contributed by atoms with Gasteiger partial charge in [0.05, 0.1) is 11.9 Å². The van der Waals surface area contributed by atoms with Gasteiger partial charge in [0.25, 0.3) is 0 Å². The third-order valence-corrected chi connectivity index (χ3v) is 2.63. The molecule has 1 heterocycles. The quantitative estimate of drug-likeness (QED) is 0.782. The Morgan fingerprint density at radius 2 is 1.53 bits per heavy atom. The Hall–Kier alpha value is -2.13. The maximum Gasteiger partial charge on any atom is 0.150 e. The highest BCUT2D eigenvalue weighted by molar-refractivity contribution is 5.69. The number of nitrogens with zero attached hydrogens (tertiary/aromatic N) is 2. The standard InChI is InChI=1S/C14H12N2O/c1-3-7-12(8-4-1)14-11-15-16(17-14)13-9-5-2-6-10-13/h1-11,14H. The lowest BCUT2D eigenvalue weighted by Crippen LogP contribution is -2.13. The number of para-hydroxylation sites is 1. The normalized spacial score (nSPS) is 18.6. The van der Waals surface area contributed by atoms with E-state index in [9.17, 15) is 0 Å². The van der Waals surface area contributed by atoms with Crippen LogP contribution >= 0.6 is 0 Å². The van der Waals surface area contributed by atoms with Gasteiger partial charge >= 0.3 is 0 Å². The van der Waals surface area contributed by atoms with Crippen LogP contribution in [0.5, 0.6) is 0 Å². The van der Waals surface area contributed by atoms with E-state index in [-0.39, 0.29) is 6.10 Å². The van der Waals surface area contributed by atoms with E-state index >= 15 is 0 Å². The van der Waals surface area contributed by atoms with E-state index in [0.29, 0.717) is 0 Å². The molecule has 0 spiro atoms. The summed E-state index contributed by atoms with van der Waals surface area (Å²) in [5.41, 5.74) is 2.04. The van der Waals surface area contributed by atoms with Gasteiger partial charge in [0.2, 0.25) is 0 Å². The minimum absolute atomic E-state index is 0.101. The lowest BCUT2D eigenvalue weighted by Gasteiger charge is -2.15. The van der Waals surface area contributed by atoms with E-state index in [4.69, 9.17) is 4.84 Å². The highest BCUT2D eigenvalue weighted by Crippen LogP contribution is 2.26. The van der Waals surface area contributed by atoms with E-state index in [1.54, 1.807) is 5.17 Å². The molecule has 1 atom stereocenters. The lowest BCUT2D eigenvalue weighted by molar-refractivity contribution is 0.0985. The summed E-state index contributed by atoms with van der Waals surface area (Å²) in [6.07, 6.45) is 1.71. The molecule has 1 unspecified atom stereocenters. The summed E-state index contributed by atoms with van der Waals surface area (Å²) in [7, 11) is 0. The molecule has 0 aromatic heterocycles. The first-order chi connectivity index (χ1) is 8.43. The Morgan fingerprint density at radius 1 is 0.882 bits per heavy atom. The van der Waals surface area contributed by atoms with Crippen LogP contribution in [0.15, 0.2) is 65.8 Å². The Balaban J connectivity index is 1.78. The first kappa shape index (κ1) is 10.1. The zero-order valence-electron chi connectivity index (χ0n) is 9.23. The van der Waals surface area contributed by atoms with Crippen LogP contribution in [0.25, 0.3) is 0 Å². The predicted octanol–water partition coefficient (Wildman–Crippen LogP) is 3.17. The highest BCUT2D eigenvalue weighted by Gasteiger charge is 2.20. The Morgan fingerprint density at radius 3 is 2.24 bits per heavy atom. The monoisotopic (exact) mass is 224 g/mol. The smallest absolute Gasteiger partial charge is 0.150 e. The van der Waals surface area contributed by atoms with E-state index in [1.807, 2.05) is 66.9 Å². The van der Waals surface area contributed by atoms with Crippen molar-refractivity contribution in [3.8, 4) is 0 Å². The van der Waals surface area contributed by atoms with Crippen molar-refractivity contribution in [2.45, 2.75) is 6.10 Å². The Bertz CT molecular complexity index is 463. The molecule has 17 heavy (non-hydrogen) atoms. The molecular formula is C14H12N2O. The zero-order chi connectivity index (χ0) is 11.5. The van der Waals surface area contributed by atoms with Gasteiger partial charge in [-0.3, -0.25) is 0 Å². The second-order valence-electron chi connectivity index (χ2n) is 3.81. The molecule has 0 radical (unpaired) electrons. The van der Waals surface area contributed by atoms with Gasteiger partial charge < -0.3 is 0 Å². The van der Waals surface area contributed by atoms with Gasteiger partial charge in [0.15, 0.2) is 0 Å². The highest BCUT2D eigenvalue weighted by atomic mass is 16.7. The molecular weight excluding hydrogens is 212 g/mol. The molecule has 0 fully saturated rings. The van der Waals surface area contributed by atoms with Gasteiger partial charge in [-0.1, -0.05) is 48.5 Å². The zero-order valence-corrected chi connectivity index (χ0v) is 9.23. The molecule has 1 aliphatic heterocycles. The first-order valence-corrected chi connectivity index (χ1v) is 5.54. The van der Waals surface area contributed by atoms with Crippen LogP contribution in [0.1, 0.15) is 11.7 Å². The van der Waals surface area contributed by atoms with E-state index in [1.165, 1.54) is 0 Å². The Kier molecular flexibility index (Phi) is 2.60. The number of benzene rings is 2. The van der Waals surface area contributed by atoms with Crippen LogP contribution in [-0.2, 0) is 4.84 Å². The van der Waals surface area contributed by atoms with Crippen molar-refractivity contribution >= 4 is 11.9 Å². The first-order valence-electron chi connectivity index (χ1n) is 5.54. The second kappa shape index (κ2) is 4.39. The van der Waals surface area contributed by atoms with Crippen molar-refractivity contribution in [3.05, 3.63) is 66.2 Å². The molecule has 3 rings (SSSR count). The Labute approximate surface area is 99.9 Å². The summed E-state index contributed by atoms with van der Waals surface area (Å²) < 4.78 is 0. The predicted molar refractivity (Wildman–Crippen MR) is 67.7 cm³/mol. The second-order valence-corrected chi connectivity index (χ2v) is 3.81. The van der Waals surface area contributed by atoms with Gasteiger partial charge in [0.1, 0.15) is 6.10 Å². The fraction of sp³-hybridized carbons (Fsp3) is 0.0714.